The third-order valence-electron chi connectivity index (χ3n) is 2.18. The molecule has 0 atom stereocenters. The molecule has 2 rings (SSSR count). The Morgan fingerprint density at radius 3 is 2.94 bits per heavy atom. The Morgan fingerprint density at radius 2 is 2.24 bits per heavy atom. The Hall–Kier alpha value is -1.69. The molecule has 0 radical (unpaired) electrons. The molecule has 0 fully saturated rings. The van der Waals surface area contributed by atoms with E-state index in [9.17, 15) is 4.39 Å². The van der Waals surface area contributed by atoms with Gasteiger partial charge in [0.15, 0.2) is 5.01 Å². The van der Waals surface area contributed by atoms with Gasteiger partial charge in [-0.3, -0.25) is 0 Å². The van der Waals surface area contributed by atoms with Gasteiger partial charge >= 0.3 is 0 Å². The second-order valence-electron chi connectivity index (χ2n) is 3.45. The molecule has 90 valence electrons. The zero-order valence-electron chi connectivity index (χ0n) is 9.53. The zero-order valence-corrected chi connectivity index (χ0v) is 10.3. The maximum Gasteiger partial charge on any atom is 0.205 e. The maximum atomic E-state index is 13.0. The number of ether oxygens (including phenoxy) is 1. The summed E-state index contributed by atoms with van der Waals surface area (Å²) < 4.78 is 18.5. The topological polar surface area (TPSA) is 47.0 Å². The van der Waals surface area contributed by atoms with E-state index < -0.39 is 0 Å². The molecule has 0 saturated carbocycles. The Kier molecular flexibility index (Phi) is 3.53. The number of hydrogen-bond acceptors (Lipinski definition) is 5. The molecule has 0 aliphatic rings. The highest BCUT2D eigenvalue weighted by Crippen LogP contribution is 2.21. The lowest BCUT2D eigenvalue weighted by atomic mass is 10.2. The Balaban J connectivity index is 2.04. The minimum Gasteiger partial charge on any atom is -0.486 e. The molecule has 0 unspecified atom stereocenters. The first-order valence-corrected chi connectivity index (χ1v) is 5.90. The van der Waals surface area contributed by atoms with E-state index in [0.29, 0.717) is 12.4 Å². The van der Waals surface area contributed by atoms with Crippen LogP contribution >= 0.6 is 11.3 Å². The number of anilines is 1. The summed E-state index contributed by atoms with van der Waals surface area (Å²) in [6.45, 7) is 2.16. The largest absolute Gasteiger partial charge is 0.486 e. The SMILES string of the molecule is CNc1nnc(COc2cc(F)ccc2C)s1. The fraction of sp³-hybridized carbons (Fsp3) is 0.273. The minimum atomic E-state index is -0.307. The summed E-state index contributed by atoms with van der Waals surface area (Å²) in [4.78, 5) is 0. The molecule has 2 aromatic rings. The highest BCUT2D eigenvalue weighted by atomic mass is 32.1. The van der Waals surface area contributed by atoms with E-state index in [2.05, 4.69) is 15.5 Å². The molecular formula is C11H12FN3OS. The van der Waals surface area contributed by atoms with E-state index in [4.69, 9.17) is 4.74 Å². The van der Waals surface area contributed by atoms with Gasteiger partial charge in [-0.2, -0.15) is 0 Å². The first-order valence-electron chi connectivity index (χ1n) is 5.08. The number of aromatic nitrogens is 2. The van der Waals surface area contributed by atoms with Crippen molar-refractivity contribution in [3.8, 4) is 5.75 Å². The Labute approximate surface area is 102 Å². The van der Waals surface area contributed by atoms with E-state index in [1.807, 2.05) is 6.92 Å². The number of nitrogens with zero attached hydrogens (tertiary/aromatic N) is 2. The molecule has 0 amide bonds. The van der Waals surface area contributed by atoms with Crippen LogP contribution in [0.3, 0.4) is 0 Å². The lowest BCUT2D eigenvalue weighted by Crippen LogP contribution is -1.97. The summed E-state index contributed by atoms with van der Waals surface area (Å²) in [5.41, 5.74) is 0.893. The molecule has 6 heteroatoms. The van der Waals surface area contributed by atoms with Crippen molar-refractivity contribution in [3.05, 3.63) is 34.6 Å². The second-order valence-corrected chi connectivity index (χ2v) is 4.51. The van der Waals surface area contributed by atoms with E-state index >= 15 is 0 Å². The van der Waals surface area contributed by atoms with Gasteiger partial charge in [-0.05, 0) is 18.6 Å². The van der Waals surface area contributed by atoms with Gasteiger partial charge in [0, 0.05) is 13.1 Å². The quantitative estimate of drug-likeness (QED) is 0.909. The normalized spacial score (nSPS) is 10.3. The van der Waals surface area contributed by atoms with E-state index in [1.165, 1.54) is 23.5 Å². The van der Waals surface area contributed by atoms with Crippen LogP contribution in [0.25, 0.3) is 0 Å². The number of halogens is 1. The molecule has 0 aliphatic carbocycles. The molecule has 4 nitrogen and oxygen atoms in total. The predicted molar refractivity (Wildman–Crippen MR) is 64.9 cm³/mol. The number of benzene rings is 1. The van der Waals surface area contributed by atoms with Crippen LogP contribution < -0.4 is 10.1 Å². The molecule has 1 aromatic heterocycles. The summed E-state index contributed by atoms with van der Waals surface area (Å²) in [5, 5.41) is 12.2. The van der Waals surface area contributed by atoms with Gasteiger partial charge in [-0.25, -0.2) is 4.39 Å². The van der Waals surface area contributed by atoms with Gasteiger partial charge in [0.2, 0.25) is 5.13 Å². The third kappa shape index (κ3) is 2.91. The monoisotopic (exact) mass is 253 g/mol. The third-order valence-corrected chi connectivity index (χ3v) is 3.10. The summed E-state index contributed by atoms with van der Waals surface area (Å²) in [6.07, 6.45) is 0. The molecule has 0 bridgehead atoms. The second kappa shape index (κ2) is 5.09. The average Bonchev–Trinajstić information content (AvgIpc) is 2.78. The highest BCUT2D eigenvalue weighted by molar-refractivity contribution is 7.15. The first kappa shape index (κ1) is 11.8. The van der Waals surface area contributed by atoms with Gasteiger partial charge in [0.25, 0.3) is 0 Å². The van der Waals surface area contributed by atoms with Crippen molar-refractivity contribution in [3.63, 3.8) is 0 Å². The van der Waals surface area contributed by atoms with E-state index in [1.54, 1.807) is 13.1 Å². The van der Waals surface area contributed by atoms with Crippen molar-refractivity contribution in [2.45, 2.75) is 13.5 Å². The van der Waals surface area contributed by atoms with Gasteiger partial charge in [-0.15, -0.1) is 10.2 Å². The summed E-state index contributed by atoms with van der Waals surface area (Å²) in [6, 6.07) is 4.46. The summed E-state index contributed by atoms with van der Waals surface area (Å²) in [7, 11) is 1.78. The summed E-state index contributed by atoms with van der Waals surface area (Å²) in [5.74, 6) is 0.227. The smallest absolute Gasteiger partial charge is 0.205 e. The maximum absolute atomic E-state index is 13.0. The zero-order chi connectivity index (χ0) is 12.3. The fourth-order valence-corrected chi connectivity index (χ4v) is 1.89. The number of nitrogens with one attached hydrogen (secondary N) is 1. The van der Waals surface area contributed by atoms with Gasteiger partial charge < -0.3 is 10.1 Å². The Bertz CT molecular complexity index is 515. The van der Waals surface area contributed by atoms with Crippen LogP contribution in [0.5, 0.6) is 5.75 Å². The van der Waals surface area contributed by atoms with Crippen LogP contribution in [0.1, 0.15) is 10.6 Å². The van der Waals surface area contributed by atoms with Crippen molar-refractivity contribution in [2.24, 2.45) is 0 Å². The minimum absolute atomic E-state index is 0.295. The summed E-state index contributed by atoms with van der Waals surface area (Å²) >= 11 is 1.41. The molecule has 1 heterocycles. The fourth-order valence-electron chi connectivity index (χ4n) is 1.28. The van der Waals surface area contributed by atoms with Crippen molar-refractivity contribution in [1.29, 1.82) is 0 Å². The predicted octanol–water partition coefficient (Wildman–Crippen LogP) is 2.61. The molecule has 0 saturated heterocycles. The van der Waals surface area contributed by atoms with Crippen LogP contribution in [0.15, 0.2) is 18.2 Å². The molecule has 1 aromatic carbocycles. The Morgan fingerprint density at radius 1 is 1.41 bits per heavy atom. The number of hydrogen-bond donors (Lipinski definition) is 1. The van der Waals surface area contributed by atoms with Crippen LogP contribution in [-0.4, -0.2) is 17.2 Å². The van der Waals surface area contributed by atoms with E-state index in [-0.39, 0.29) is 5.82 Å². The van der Waals surface area contributed by atoms with Crippen molar-refractivity contribution in [2.75, 3.05) is 12.4 Å². The highest BCUT2D eigenvalue weighted by Gasteiger charge is 2.06. The first-order chi connectivity index (χ1) is 8.19. The molecule has 1 N–H and O–H groups in total. The van der Waals surface area contributed by atoms with Crippen LogP contribution in [-0.2, 0) is 6.61 Å². The van der Waals surface area contributed by atoms with Gasteiger partial charge in [0.1, 0.15) is 18.2 Å². The molecule has 0 spiro atoms. The average molecular weight is 253 g/mol. The molecular weight excluding hydrogens is 241 g/mol. The standard InChI is InChI=1S/C11H12FN3OS/c1-7-3-4-8(12)5-9(7)16-6-10-14-15-11(13-2)17-10/h3-5H,6H2,1-2H3,(H,13,15). The van der Waals surface area contributed by atoms with Crippen molar-refractivity contribution in [1.82, 2.24) is 10.2 Å². The molecule has 17 heavy (non-hydrogen) atoms. The lowest BCUT2D eigenvalue weighted by molar-refractivity contribution is 0.301. The molecule has 0 aliphatic heterocycles. The van der Waals surface area contributed by atoms with Crippen LogP contribution in [0, 0.1) is 12.7 Å². The number of aryl methyl sites for hydroxylation is 1. The van der Waals surface area contributed by atoms with Gasteiger partial charge in [0.05, 0.1) is 0 Å². The lowest BCUT2D eigenvalue weighted by Gasteiger charge is -2.06. The van der Waals surface area contributed by atoms with E-state index in [0.717, 1.165) is 15.7 Å². The number of rotatable bonds is 4. The van der Waals surface area contributed by atoms with Crippen molar-refractivity contribution < 1.29 is 9.13 Å². The van der Waals surface area contributed by atoms with Gasteiger partial charge in [-0.1, -0.05) is 17.4 Å². The van der Waals surface area contributed by atoms with Crippen LogP contribution in [0.2, 0.25) is 0 Å². The van der Waals surface area contributed by atoms with Crippen LogP contribution in [0.4, 0.5) is 9.52 Å². The van der Waals surface area contributed by atoms with Crippen molar-refractivity contribution >= 4 is 16.5 Å².